The highest BCUT2D eigenvalue weighted by atomic mass is 32.2. The summed E-state index contributed by atoms with van der Waals surface area (Å²) < 4.78 is 21.1. The number of halogens is 1. The molecule has 0 saturated heterocycles. The molecule has 0 aliphatic heterocycles. The van der Waals surface area contributed by atoms with Crippen molar-refractivity contribution in [1.29, 1.82) is 0 Å². The van der Waals surface area contributed by atoms with E-state index in [4.69, 9.17) is 10.5 Å². The second kappa shape index (κ2) is 8.01. The van der Waals surface area contributed by atoms with Crippen molar-refractivity contribution in [1.82, 2.24) is 14.8 Å². The fourth-order valence-corrected chi connectivity index (χ4v) is 3.06. The maximum atomic E-state index is 13.8. The van der Waals surface area contributed by atoms with Crippen LogP contribution in [0.25, 0.3) is 5.69 Å². The molecule has 0 spiro atoms. The molecule has 8 heteroatoms. The lowest BCUT2D eigenvalue weighted by Gasteiger charge is -2.12. The van der Waals surface area contributed by atoms with Crippen molar-refractivity contribution in [3.05, 3.63) is 66.2 Å². The summed E-state index contributed by atoms with van der Waals surface area (Å²) in [6, 6.07) is 15.6. The molecule has 2 aromatic carbocycles. The van der Waals surface area contributed by atoms with Gasteiger partial charge >= 0.3 is 0 Å². The molecule has 0 aliphatic carbocycles. The van der Waals surface area contributed by atoms with E-state index < -0.39 is 17.0 Å². The quantitative estimate of drug-likeness (QED) is 0.645. The second-order valence-electron chi connectivity index (χ2n) is 5.45. The molecule has 1 amide bonds. The van der Waals surface area contributed by atoms with Crippen molar-refractivity contribution in [3.8, 4) is 11.4 Å². The van der Waals surface area contributed by atoms with Gasteiger partial charge in [0.05, 0.1) is 5.25 Å². The van der Waals surface area contributed by atoms with Crippen LogP contribution >= 0.6 is 11.8 Å². The highest BCUT2D eigenvalue weighted by Crippen LogP contribution is 2.26. The van der Waals surface area contributed by atoms with Crippen LogP contribution in [0.2, 0.25) is 0 Å². The van der Waals surface area contributed by atoms with E-state index in [1.165, 1.54) is 17.8 Å². The van der Waals surface area contributed by atoms with Gasteiger partial charge in [0.25, 0.3) is 0 Å². The van der Waals surface area contributed by atoms with Gasteiger partial charge in [-0.1, -0.05) is 42.1 Å². The highest BCUT2D eigenvalue weighted by Gasteiger charge is 2.20. The summed E-state index contributed by atoms with van der Waals surface area (Å²) in [7, 11) is 0. The smallest absolute Gasteiger partial charge is 0.230 e. The van der Waals surface area contributed by atoms with Gasteiger partial charge < -0.3 is 10.5 Å². The van der Waals surface area contributed by atoms with E-state index in [1.54, 1.807) is 29.7 Å². The van der Waals surface area contributed by atoms with Crippen LogP contribution in [0.4, 0.5) is 4.39 Å². The molecule has 3 aromatic rings. The molecule has 0 saturated carbocycles. The van der Waals surface area contributed by atoms with E-state index in [0.29, 0.717) is 11.0 Å². The van der Waals surface area contributed by atoms with Crippen LogP contribution in [0.3, 0.4) is 0 Å². The number of hydrogen-bond donors (Lipinski definition) is 1. The van der Waals surface area contributed by atoms with Crippen molar-refractivity contribution in [3.63, 3.8) is 0 Å². The molecule has 26 heavy (non-hydrogen) atoms. The maximum Gasteiger partial charge on any atom is 0.230 e. The zero-order chi connectivity index (χ0) is 18.5. The second-order valence-corrected chi connectivity index (χ2v) is 6.76. The van der Waals surface area contributed by atoms with E-state index in [-0.39, 0.29) is 12.4 Å². The number of thioether (sulfide) groups is 1. The van der Waals surface area contributed by atoms with Gasteiger partial charge in [-0.2, -0.15) is 0 Å². The first-order valence-electron chi connectivity index (χ1n) is 7.89. The molecule has 2 N–H and O–H groups in total. The van der Waals surface area contributed by atoms with Crippen molar-refractivity contribution >= 4 is 17.7 Å². The lowest BCUT2D eigenvalue weighted by Crippen LogP contribution is -2.23. The van der Waals surface area contributed by atoms with Crippen LogP contribution in [0.15, 0.2) is 59.8 Å². The van der Waals surface area contributed by atoms with Crippen LogP contribution in [0.5, 0.6) is 5.75 Å². The fourth-order valence-electron chi connectivity index (χ4n) is 2.23. The molecule has 6 nitrogen and oxygen atoms in total. The van der Waals surface area contributed by atoms with Gasteiger partial charge in [-0.15, -0.1) is 10.2 Å². The third-order valence-corrected chi connectivity index (χ3v) is 4.65. The standard InChI is InChI=1S/C18H17FN4O2S/c1-12(17(20)24)26-18-22-21-16(23(18)13-7-3-2-4-8-13)11-25-15-10-6-5-9-14(15)19/h2-10,12H,11H2,1H3,(H2,20,24)/t12-/m0/s1. The number of benzene rings is 2. The number of aromatic nitrogens is 3. The Kier molecular flexibility index (Phi) is 5.52. The van der Waals surface area contributed by atoms with E-state index in [2.05, 4.69) is 10.2 Å². The number of ether oxygens (including phenoxy) is 1. The molecule has 1 atom stereocenters. The lowest BCUT2D eigenvalue weighted by molar-refractivity contribution is -0.117. The minimum atomic E-state index is -0.470. The zero-order valence-corrected chi connectivity index (χ0v) is 14.8. The first-order chi connectivity index (χ1) is 12.6. The summed E-state index contributed by atoms with van der Waals surface area (Å²) in [4.78, 5) is 11.4. The molecule has 1 aromatic heterocycles. The van der Waals surface area contributed by atoms with E-state index >= 15 is 0 Å². The van der Waals surface area contributed by atoms with E-state index in [1.807, 2.05) is 30.3 Å². The van der Waals surface area contributed by atoms with Crippen molar-refractivity contribution in [2.45, 2.75) is 23.9 Å². The molecule has 0 unspecified atom stereocenters. The Hall–Kier alpha value is -2.87. The number of rotatable bonds is 7. The predicted octanol–water partition coefficient (Wildman–Crippen LogP) is 2.95. The predicted molar refractivity (Wildman–Crippen MR) is 96.6 cm³/mol. The van der Waals surface area contributed by atoms with Crippen LogP contribution in [0.1, 0.15) is 12.7 Å². The maximum absolute atomic E-state index is 13.8. The summed E-state index contributed by atoms with van der Waals surface area (Å²) in [5.74, 6) is -0.273. The van der Waals surface area contributed by atoms with Crippen LogP contribution in [-0.2, 0) is 11.4 Å². The van der Waals surface area contributed by atoms with Gasteiger partial charge in [0, 0.05) is 5.69 Å². The lowest BCUT2D eigenvalue weighted by atomic mass is 10.3. The van der Waals surface area contributed by atoms with Gasteiger partial charge in [0.15, 0.2) is 22.5 Å². The highest BCUT2D eigenvalue weighted by molar-refractivity contribution is 8.00. The summed E-state index contributed by atoms with van der Waals surface area (Å²) in [5, 5.41) is 8.32. The average molecular weight is 372 g/mol. The topological polar surface area (TPSA) is 83.0 Å². The third kappa shape index (κ3) is 4.02. The van der Waals surface area contributed by atoms with Crippen LogP contribution < -0.4 is 10.5 Å². The molecular weight excluding hydrogens is 355 g/mol. The first-order valence-corrected chi connectivity index (χ1v) is 8.77. The van der Waals surface area contributed by atoms with Gasteiger partial charge in [0.2, 0.25) is 5.91 Å². The third-order valence-electron chi connectivity index (χ3n) is 3.59. The molecule has 0 bridgehead atoms. The summed E-state index contributed by atoms with van der Waals surface area (Å²) >= 11 is 1.20. The monoisotopic (exact) mass is 372 g/mol. The minimum Gasteiger partial charge on any atom is -0.483 e. The number of nitrogens with zero attached hydrogens (tertiary/aromatic N) is 3. The Morgan fingerprint density at radius 1 is 1.19 bits per heavy atom. The van der Waals surface area contributed by atoms with E-state index in [9.17, 15) is 9.18 Å². The minimum absolute atomic E-state index is 0.0222. The SMILES string of the molecule is C[C@H](Sc1nnc(COc2ccccc2F)n1-c1ccccc1)C(N)=O. The fraction of sp³-hybridized carbons (Fsp3) is 0.167. The van der Waals surface area contributed by atoms with Crippen molar-refractivity contribution in [2.24, 2.45) is 5.73 Å². The molecule has 1 heterocycles. The Labute approximate surface area is 154 Å². The summed E-state index contributed by atoms with van der Waals surface area (Å²) in [5.41, 5.74) is 6.16. The Bertz CT molecular complexity index is 901. The normalized spacial score (nSPS) is 11.9. The van der Waals surface area contributed by atoms with Crippen LogP contribution in [0, 0.1) is 5.82 Å². The summed E-state index contributed by atoms with van der Waals surface area (Å²) in [6.45, 7) is 1.72. The number of carbonyl (C=O) groups excluding carboxylic acids is 1. The van der Waals surface area contributed by atoms with Crippen molar-refractivity contribution in [2.75, 3.05) is 0 Å². The number of carbonyl (C=O) groups is 1. The zero-order valence-electron chi connectivity index (χ0n) is 14.0. The molecule has 0 fully saturated rings. The van der Waals surface area contributed by atoms with Crippen molar-refractivity contribution < 1.29 is 13.9 Å². The molecule has 0 radical (unpaired) electrons. The number of primary amides is 1. The number of hydrogen-bond acceptors (Lipinski definition) is 5. The number of amides is 1. The first kappa shape index (κ1) is 17.9. The average Bonchev–Trinajstić information content (AvgIpc) is 3.04. The molecule has 134 valence electrons. The van der Waals surface area contributed by atoms with Gasteiger partial charge in [-0.25, -0.2) is 4.39 Å². The Balaban J connectivity index is 1.91. The van der Waals surface area contributed by atoms with Crippen LogP contribution in [-0.4, -0.2) is 25.9 Å². The number of para-hydroxylation sites is 2. The molecule has 0 aliphatic rings. The van der Waals surface area contributed by atoms with E-state index in [0.717, 1.165) is 5.69 Å². The van der Waals surface area contributed by atoms with Gasteiger partial charge in [0.1, 0.15) is 6.61 Å². The molecular formula is C18H17FN4O2S. The molecule has 3 rings (SSSR count). The van der Waals surface area contributed by atoms with Gasteiger partial charge in [-0.05, 0) is 31.2 Å². The summed E-state index contributed by atoms with van der Waals surface area (Å²) in [6.07, 6.45) is 0. The Morgan fingerprint density at radius 2 is 1.88 bits per heavy atom. The largest absolute Gasteiger partial charge is 0.483 e. The Morgan fingerprint density at radius 3 is 2.58 bits per heavy atom. The number of nitrogens with two attached hydrogens (primary N) is 1. The van der Waals surface area contributed by atoms with Gasteiger partial charge in [-0.3, -0.25) is 9.36 Å².